The first-order valence-corrected chi connectivity index (χ1v) is 9.92. The lowest BCUT2D eigenvalue weighted by molar-refractivity contribution is 0.269. The molecule has 3 rings (SSSR count). The first-order chi connectivity index (χ1) is 13.6. The molecule has 0 saturated heterocycles. The molecule has 0 saturated carbocycles. The lowest BCUT2D eigenvalue weighted by Crippen LogP contribution is -2.17. The highest BCUT2D eigenvalue weighted by atomic mass is 35.5. The molecular formula is C20H23ClN4O2S. The van der Waals surface area contributed by atoms with E-state index >= 15 is 0 Å². The third-order valence-electron chi connectivity index (χ3n) is 4.09. The predicted molar refractivity (Wildman–Crippen MR) is 113 cm³/mol. The second-order valence-corrected chi connectivity index (χ2v) is 6.92. The van der Waals surface area contributed by atoms with Gasteiger partial charge in [-0.25, -0.2) is 4.68 Å². The van der Waals surface area contributed by atoms with Crippen molar-refractivity contribution in [3.05, 3.63) is 69.2 Å². The number of aromatic nitrogens is 3. The van der Waals surface area contributed by atoms with Gasteiger partial charge in [-0.15, -0.1) is 0 Å². The Balaban J connectivity index is 1.71. The second-order valence-electron chi connectivity index (χ2n) is 6.10. The van der Waals surface area contributed by atoms with Crippen molar-refractivity contribution in [1.82, 2.24) is 14.9 Å². The molecule has 6 nitrogen and oxygen atoms in total. The maximum atomic E-state index is 6.03. The Labute approximate surface area is 174 Å². The predicted octanol–water partition coefficient (Wildman–Crippen LogP) is 4.88. The molecule has 0 spiro atoms. The van der Waals surface area contributed by atoms with Crippen LogP contribution in [0.3, 0.4) is 0 Å². The van der Waals surface area contributed by atoms with E-state index in [4.69, 9.17) is 33.3 Å². The van der Waals surface area contributed by atoms with E-state index in [0.29, 0.717) is 41.1 Å². The largest absolute Gasteiger partial charge is 0.490 e. The number of aromatic amines is 1. The standard InChI is InChI=1S/C20H23ClN4O2S/c1-3-19-23-24-20(28)25(19)22-12-14-8-9-17(18(11-14)26-4-2)27-13-15-6-5-7-16(21)10-15/h5-11,22H,3-4,12-13H2,1-2H3,(H,24,28). The van der Waals surface area contributed by atoms with Gasteiger partial charge in [0.2, 0.25) is 4.77 Å². The second kappa shape index (κ2) is 9.61. The molecule has 2 N–H and O–H groups in total. The summed E-state index contributed by atoms with van der Waals surface area (Å²) in [4.78, 5) is 0. The van der Waals surface area contributed by atoms with Crippen molar-refractivity contribution >= 4 is 23.8 Å². The molecule has 3 aromatic rings. The van der Waals surface area contributed by atoms with Crippen molar-refractivity contribution in [2.45, 2.75) is 33.4 Å². The van der Waals surface area contributed by atoms with Gasteiger partial charge in [0.25, 0.3) is 0 Å². The van der Waals surface area contributed by atoms with Gasteiger partial charge in [0.1, 0.15) is 6.61 Å². The zero-order valence-electron chi connectivity index (χ0n) is 15.9. The van der Waals surface area contributed by atoms with Gasteiger partial charge in [-0.3, -0.25) is 5.10 Å². The van der Waals surface area contributed by atoms with Crippen LogP contribution in [0.15, 0.2) is 42.5 Å². The molecule has 28 heavy (non-hydrogen) atoms. The molecule has 1 heterocycles. The molecule has 2 aromatic carbocycles. The Hall–Kier alpha value is -2.51. The number of benzene rings is 2. The molecular weight excluding hydrogens is 396 g/mol. The molecule has 0 amide bonds. The fourth-order valence-corrected chi connectivity index (χ4v) is 3.17. The summed E-state index contributed by atoms with van der Waals surface area (Å²) in [5.74, 6) is 2.26. The fraction of sp³-hybridized carbons (Fsp3) is 0.300. The normalized spacial score (nSPS) is 10.7. The average Bonchev–Trinajstić information content (AvgIpc) is 3.05. The minimum Gasteiger partial charge on any atom is -0.490 e. The number of hydrogen-bond acceptors (Lipinski definition) is 5. The molecule has 0 bridgehead atoms. The topological polar surface area (TPSA) is 64.1 Å². The quantitative estimate of drug-likeness (QED) is 0.485. The minimum atomic E-state index is 0.419. The summed E-state index contributed by atoms with van der Waals surface area (Å²) < 4.78 is 14.1. The number of H-pyrrole nitrogens is 1. The van der Waals surface area contributed by atoms with E-state index in [1.807, 2.05) is 56.3 Å². The number of halogens is 1. The van der Waals surface area contributed by atoms with Crippen LogP contribution in [0, 0.1) is 4.77 Å². The van der Waals surface area contributed by atoms with Crippen molar-refractivity contribution < 1.29 is 9.47 Å². The number of nitrogens with zero attached hydrogens (tertiary/aromatic N) is 2. The van der Waals surface area contributed by atoms with E-state index in [9.17, 15) is 0 Å². The SMILES string of the molecule is CCOc1cc(CNn2c(CC)n[nH]c2=S)ccc1OCc1cccc(Cl)c1. The number of hydrogen-bond donors (Lipinski definition) is 2. The Morgan fingerprint density at radius 3 is 2.71 bits per heavy atom. The van der Waals surface area contributed by atoms with Crippen LogP contribution in [-0.2, 0) is 19.6 Å². The molecule has 0 aliphatic rings. The van der Waals surface area contributed by atoms with Crippen molar-refractivity contribution in [3.8, 4) is 11.5 Å². The van der Waals surface area contributed by atoms with Gasteiger partial charge in [0.05, 0.1) is 13.2 Å². The molecule has 0 unspecified atom stereocenters. The van der Waals surface area contributed by atoms with E-state index in [0.717, 1.165) is 23.4 Å². The Morgan fingerprint density at radius 1 is 1.11 bits per heavy atom. The van der Waals surface area contributed by atoms with Crippen LogP contribution in [0.5, 0.6) is 11.5 Å². The molecule has 0 atom stereocenters. The zero-order chi connectivity index (χ0) is 19.9. The van der Waals surface area contributed by atoms with Crippen LogP contribution in [0.1, 0.15) is 30.8 Å². The van der Waals surface area contributed by atoms with Crippen LogP contribution in [0.4, 0.5) is 0 Å². The number of aryl methyl sites for hydroxylation is 1. The smallest absolute Gasteiger partial charge is 0.214 e. The molecule has 0 fully saturated rings. The summed E-state index contributed by atoms with van der Waals surface area (Å²) >= 11 is 11.3. The van der Waals surface area contributed by atoms with Crippen LogP contribution >= 0.6 is 23.8 Å². The van der Waals surface area contributed by atoms with Gasteiger partial charge < -0.3 is 14.9 Å². The van der Waals surface area contributed by atoms with Gasteiger partial charge >= 0.3 is 0 Å². The van der Waals surface area contributed by atoms with Crippen LogP contribution in [0.2, 0.25) is 5.02 Å². The van der Waals surface area contributed by atoms with Crippen molar-refractivity contribution in [2.24, 2.45) is 0 Å². The molecule has 1 aromatic heterocycles. The monoisotopic (exact) mass is 418 g/mol. The molecule has 0 aliphatic heterocycles. The summed E-state index contributed by atoms with van der Waals surface area (Å²) in [6.07, 6.45) is 0.778. The zero-order valence-corrected chi connectivity index (χ0v) is 17.4. The molecule has 148 valence electrons. The van der Waals surface area contributed by atoms with Gasteiger partial charge in [-0.2, -0.15) is 5.10 Å². The van der Waals surface area contributed by atoms with E-state index < -0.39 is 0 Å². The van der Waals surface area contributed by atoms with Gasteiger partial charge in [-0.1, -0.05) is 36.7 Å². The minimum absolute atomic E-state index is 0.419. The molecule has 8 heteroatoms. The number of rotatable bonds is 9. The highest BCUT2D eigenvalue weighted by Crippen LogP contribution is 2.29. The summed E-state index contributed by atoms with van der Waals surface area (Å²) in [6, 6.07) is 13.5. The Morgan fingerprint density at radius 2 is 1.96 bits per heavy atom. The fourth-order valence-electron chi connectivity index (χ4n) is 2.74. The van der Waals surface area contributed by atoms with Crippen molar-refractivity contribution in [3.63, 3.8) is 0 Å². The van der Waals surface area contributed by atoms with E-state index in [1.54, 1.807) is 4.68 Å². The van der Waals surface area contributed by atoms with Crippen LogP contribution in [-0.4, -0.2) is 21.5 Å². The van der Waals surface area contributed by atoms with Crippen molar-refractivity contribution in [1.29, 1.82) is 0 Å². The van der Waals surface area contributed by atoms with Gasteiger partial charge in [-0.05, 0) is 54.5 Å². The summed E-state index contributed by atoms with van der Waals surface area (Å²) in [5.41, 5.74) is 5.34. The Kier molecular flexibility index (Phi) is 6.95. The summed E-state index contributed by atoms with van der Waals surface area (Å²) in [7, 11) is 0. The third-order valence-corrected chi connectivity index (χ3v) is 4.60. The Bertz CT molecular complexity index is 986. The number of nitrogens with one attached hydrogen (secondary N) is 2. The van der Waals surface area contributed by atoms with E-state index in [1.165, 1.54) is 0 Å². The number of ether oxygens (including phenoxy) is 2. The van der Waals surface area contributed by atoms with E-state index in [-0.39, 0.29) is 0 Å². The highest BCUT2D eigenvalue weighted by Gasteiger charge is 2.09. The van der Waals surface area contributed by atoms with Gasteiger partial charge in [0.15, 0.2) is 17.3 Å². The maximum absolute atomic E-state index is 6.03. The average molecular weight is 419 g/mol. The third kappa shape index (κ3) is 5.05. The van der Waals surface area contributed by atoms with Crippen molar-refractivity contribution in [2.75, 3.05) is 12.0 Å². The molecule has 0 radical (unpaired) electrons. The molecule has 0 aliphatic carbocycles. The van der Waals surface area contributed by atoms with E-state index in [2.05, 4.69) is 15.6 Å². The maximum Gasteiger partial charge on any atom is 0.214 e. The van der Waals surface area contributed by atoms with Gasteiger partial charge in [0, 0.05) is 11.4 Å². The van der Waals surface area contributed by atoms with Crippen LogP contribution in [0.25, 0.3) is 0 Å². The summed E-state index contributed by atoms with van der Waals surface area (Å²) in [5, 5.41) is 7.69. The van der Waals surface area contributed by atoms with Crippen LogP contribution < -0.4 is 14.9 Å². The summed E-state index contributed by atoms with van der Waals surface area (Å²) in [6.45, 7) is 5.53. The first-order valence-electron chi connectivity index (χ1n) is 9.13. The lowest BCUT2D eigenvalue weighted by atomic mass is 10.2. The highest BCUT2D eigenvalue weighted by molar-refractivity contribution is 7.71. The first kappa shape index (κ1) is 20.2. The lowest BCUT2D eigenvalue weighted by Gasteiger charge is -2.15.